The third-order valence-corrected chi connectivity index (χ3v) is 4.45. The van der Waals surface area contributed by atoms with E-state index in [2.05, 4.69) is 27.1 Å². The minimum atomic E-state index is -0.198. The van der Waals surface area contributed by atoms with Gasteiger partial charge in [-0.1, -0.05) is 24.6 Å². The molecule has 1 aromatic heterocycles. The molecule has 0 spiro atoms. The molecule has 1 aliphatic rings. The number of carbonyl (C=O) groups excluding carboxylic acids is 1. The van der Waals surface area contributed by atoms with Crippen LogP contribution in [0.25, 0.3) is 0 Å². The van der Waals surface area contributed by atoms with Crippen molar-refractivity contribution in [2.24, 2.45) is 5.92 Å². The van der Waals surface area contributed by atoms with Crippen LogP contribution in [0.4, 0.5) is 11.6 Å². The molecule has 1 saturated heterocycles. The predicted molar refractivity (Wildman–Crippen MR) is 96.5 cm³/mol. The lowest BCUT2D eigenvalue weighted by atomic mass is 10.00. The maximum Gasteiger partial charge on any atom is 0.274 e. The molecular weight excluding hydrogens is 300 g/mol. The fraction of sp³-hybridized carbons (Fsp3) is 0.421. The summed E-state index contributed by atoms with van der Waals surface area (Å²) in [7, 11) is 0. The Morgan fingerprint density at radius 3 is 2.46 bits per heavy atom. The minimum absolute atomic E-state index is 0.198. The highest BCUT2D eigenvalue weighted by Crippen LogP contribution is 2.21. The van der Waals surface area contributed by atoms with E-state index in [0.717, 1.165) is 48.8 Å². The van der Waals surface area contributed by atoms with Gasteiger partial charge in [-0.25, -0.2) is 9.97 Å². The number of aryl methyl sites for hydroxylation is 2. The summed E-state index contributed by atoms with van der Waals surface area (Å²) < 4.78 is 0. The molecule has 24 heavy (non-hydrogen) atoms. The standard InChI is InChI=1S/C19H24N4O/c1-13-4-6-16(7-5-13)21-18(24)17-12-15(3)20-19(22-17)23-10-8-14(2)9-11-23/h4-7,12,14H,8-11H2,1-3H3,(H,21,24). The fourth-order valence-corrected chi connectivity index (χ4v) is 2.85. The van der Waals surface area contributed by atoms with E-state index in [1.165, 1.54) is 0 Å². The molecular formula is C19H24N4O. The highest BCUT2D eigenvalue weighted by molar-refractivity contribution is 6.03. The Kier molecular flexibility index (Phi) is 4.79. The van der Waals surface area contributed by atoms with Gasteiger partial charge in [-0.3, -0.25) is 4.79 Å². The van der Waals surface area contributed by atoms with Gasteiger partial charge in [-0.05, 0) is 50.8 Å². The molecule has 2 aromatic rings. The van der Waals surface area contributed by atoms with Gasteiger partial charge in [0.05, 0.1) is 0 Å². The van der Waals surface area contributed by atoms with Crippen LogP contribution in [-0.4, -0.2) is 29.0 Å². The Balaban J connectivity index is 1.77. The number of piperidine rings is 1. The van der Waals surface area contributed by atoms with Crippen LogP contribution in [0.15, 0.2) is 30.3 Å². The summed E-state index contributed by atoms with van der Waals surface area (Å²) in [6.07, 6.45) is 2.28. The van der Waals surface area contributed by atoms with Crippen LogP contribution < -0.4 is 10.2 Å². The summed E-state index contributed by atoms with van der Waals surface area (Å²) in [5.41, 5.74) is 3.16. The van der Waals surface area contributed by atoms with Crippen molar-refractivity contribution in [3.8, 4) is 0 Å². The van der Waals surface area contributed by atoms with E-state index < -0.39 is 0 Å². The second kappa shape index (κ2) is 6.99. The van der Waals surface area contributed by atoms with Crippen molar-refractivity contribution in [1.82, 2.24) is 9.97 Å². The summed E-state index contributed by atoms with van der Waals surface area (Å²) in [5, 5.41) is 2.90. The van der Waals surface area contributed by atoms with Gasteiger partial charge in [-0.2, -0.15) is 0 Å². The SMILES string of the molecule is Cc1ccc(NC(=O)c2cc(C)nc(N3CCC(C)CC3)n2)cc1. The number of anilines is 2. The fourth-order valence-electron chi connectivity index (χ4n) is 2.85. The van der Waals surface area contributed by atoms with Crippen LogP contribution in [0.2, 0.25) is 0 Å². The lowest BCUT2D eigenvalue weighted by Crippen LogP contribution is -2.34. The lowest BCUT2D eigenvalue weighted by molar-refractivity contribution is 0.102. The number of aromatic nitrogens is 2. The second-order valence-electron chi connectivity index (χ2n) is 6.68. The number of carbonyl (C=O) groups is 1. The van der Waals surface area contributed by atoms with Crippen LogP contribution in [0, 0.1) is 19.8 Å². The van der Waals surface area contributed by atoms with Gasteiger partial charge >= 0.3 is 0 Å². The van der Waals surface area contributed by atoms with Gasteiger partial charge < -0.3 is 10.2 Å². The molecule has 0 atom stereocenters. The van der Waals surface area contributed by atoms with Crippen molar-refractivity contribution in [2.75, 3.05) is 23.3 Å². The first-order chi connectivity index (χ1) is 11.5. The molecule has 1 fully saturated rings. The summed E-state index contributed by atoms with van der Waals surface area (Å²) >= 11 is 0. The normalized spacial score (nSPS) is 15.4. The van der Waals surface area contributed by atoms with Gasteiger partial charge in [-0.15, -0.1) is 0 Å². The molecule has 1 aromatic carbocycles. The number of hydrogen-bond acceptors (Lipinski definition) is 4. The smallest absolute Gasteiger partial charge is 0.274 e. The van der Waals surface area contributed by atoms with Crippen molar-refractivity contribution in [1.29, 1.82) is 0 Å². The van der Waals surface area contributed by atoms with E-state index in [1.54, 1.807) is 6.07 Å². The highest BCUT2D eigenvalue weighted by Gasteiger charge is 2.20. The Morgan fingerprint density at radius 2 is 1.79 bits per heavy atom. The van der Waals surface area contributed by atoms with Crippen LogP contribution >= 0.6 is 0 Å². The first-order valence-corrected chi connectivity index (χ1v) is 8.50. The topological polar surface area (TPSA) is 58.1 Å². The van der Waals surface area contributed by atoms with Crippen molar-refractivity contribution < 1.29 is 4.79 Å². The van der Waals surface area contributed by atoms with Crippen molar-refractivity contribution in [2.45, 2.75) is 33.6 Å². The van der Waals surface area contributed by atoms with Gasteiger partial charge in [0, 0.05) is 24.5 Å². The molecule has 1 aliphatic heterocycles. The first-order valence-electron chi connectivity index (χ1n) is 8.50. The summed E-state index contributed by atoms with van der Waals surface area (Å²) in [4.78, 5) is 23.7. The number of rotatable bonds is 3. The highest BCUT2D eigenvalue weighted by atomic mass is 16.1. The van der Waals surface area contributed by atoms with E-state index in [0.29, 0.717) is 11.6 Å². The van der Waals surface area contributed by atoms with E-state index >= 15 is 0 Å². The average Bonchev–Trinajstić information content (AvgIpc) is 2.57. The van der Waals surface area contributed by atoms with Crippen molar-refractivity contribution in [3.05, 3.63) is 47.3 Å². The number of benzene rings is 1. The number of hydrogen-bond donors (Lipinski definition) is 1. The van der Waals surface area contributed by atoms with Gasteiger partial charge in [0.1, 0.15) is 5.69 Å². The van der Waals surface area contributed by atoms with E-state index in [-0.39, 0.29) is 5.91 Å². The zero-order valence-corrected chi connectivity index (χ0v) is 14.5. The summed E-state index contributed by atoms with van der Waals surface area (Å²) in [6, 6.07) is 9.48. The molecule has 2 heterocycles. The second-order valence-corrected chi connectivity index (χ2v) is 6.68. The third kappa shape index (κ3) is 3.91. The molecule has 3 rings (SSSR count). The van der Waals surface area contributed by atoms with E-state index in [4.69, 9.17) is 0 Å². The van der Waals surface area contributed by atoms with Crippen LogP contribution in [-0.2, 0) is 0 Å². The molecule has 5 heteroatoms. The number of nitrogens with one attached hydrogen (secondary N) is 1. The Bertz CT molecular complexity index is 719. The predicted octanol–water partition coefficient (Wildman–Crippen LogP) is 3.58. The number of nitrogens with zero attached hydrogens (tertiary/aromatic N) is 3. The molecule has 126 valence electrons. The lowest BCUT2D eigenvalue weighted by Gasteiger charge is -2.30. The molecule has 0 bridgehead atoms. The molecule has 0 unspecified atom stereocenters. The number of amides is 1. The van der Waals surface area contributed by atoms with Crippen LogP contribution in [0.1, 0.15) is 41.5 Å². The van der Waals surface area contributed by atoms with Crippen molar-refractivity contribution in [3.63, 3.8) is 0 Å². The monoisotopic (exact) mass is 324 g/mol. The molecule has 0 saturated carbocycles. The Morgan fingerprint density at radius 1 is 1.12 bits per heavy atom. The van der Waals surface area contributed by atoms with E-state index in [9.17, 15) is 4.79 Å². The Labute approximate surface area is 143 Å². The summed E-state index contributed by atoms with van der Waals surface area (Å²) in [5.74, 6) is 1.21. The van der Waals surface area contributed by atoms with Gasteiger partial charge in [0.25, 0.3) is 5.91 Å². The van der Waals surface area contributed by atoms with Gasteiger partial charge in [0.15, 0.2) is 0 Å². The molecule has 1 amide bonds. The minimum Gasteiger partial charge on any atom is -0.341 e. The largest absolute Gasteiger partial charge is 0.341 e. The van der Waals surface area contributed by atoms with Gasteiger partial charge in [0.2, 0.25) is 5.95 Å². The zero-order valence-electron chi connectivity index (χ0n) is 14.5. The molecule has 5 nitrogen and oxygen atoms in total. The summed E-state index contributed by atoms with van der Waals surface area (Å²) in [6.45, 7) is 8.09. The zero-order chi connectivity index (χ0) is 17.1. The molecule has 0 aliphatic carbocycles. The maximum absolute atomic E-state index is 12.5. The molecule has 0 radical (unpaired) electrons. The van der Waals surface area contributed by atoms with Crippen LogP contribution in [0.3, 0.4) is 0 Å². The van der Waals surface area contributed by atoms with E-state index in [1.807, 2.05) is 38.1 Å². The van der Waals surface area contributed by atoms with Crippen molar-refractivity contribution >= 4 is 17.5 Å². The van der Waals surface area contributed by atoms with Crippen LogP contribution in [0.5, 0.6) is 0 Å². The third-order valence-electron chi connectivity index (χ3n) is 4.45. The first kappa shape index (κ1) is 16.4. The molecule has 1 N–H and O–H groups in total. The maximum atomic E-state index is 12.5. The Hall–Kier alpha value is -2.43. The quantitative estimate of drug-likeness (QED) is 0.937. The average molecular weight is 324 g/mol.